The smallest absolute Gasteiger partial charge is 0.124 e. The van der Waals surface area contributed by atoms with Gasteiger partial charge in [-0.15, -0.1) is 11.3 Å². The van der Waals surface area contributed by atoms with Gasteiger partial charge in [-0.3, -0.25) is 0 Å². The number of hydrogen-bond acceptors (Lipinski definition) is 2. The number of aromatic nitrogens is 1. The Kier molecular flexibility index (Phi) is 5.24. The van der Waals surface area contributed by atoms with E-state index in [4.69, 9.17) is 4.98 Å². The molecule has 6 rings (SSSR count). The van der Waals surface area contributed by atoms with Gasteiger partial charge in [0.1, 0.15) is 5.01 Å². The second kappa shape index (κ2) is 8.55. The Morgan fingerprint density at radius 1 is 0.676 bits per heavy atom. The highest BCUT2D eigenvalue weighted by Crippen LogP contribution is 2.47. The summed E-state index contributed by atoms with van der Waals surface area (Å²) < 4.78 is 1.28. The van der Waals surface area contributed by atoms with Crippen LogP contribution >= 0.6 is 11.3 Å². The first-order chi connectivity index (χ1) is 16.7. The first kappa shape index (κ1) is 20.8. The molecule has 1 unspecified atom stereocenters. The first-order valence-corrected chi connectivity index (χ1v) is 12.6. The van der Waals surface area contributed by atoms with Crippen molar-refractivity contribution in [2.45, 2.75) is 19.8 Å². The van der Waals surface area contributed by atoms with Gasteiger partial charge >= 0.3 is 0 Å². The fourth-order valence-electron chi connectivity index (χ4n) is 5.02. The van der Waals surface area contributed by atoms with E-state index in [0.717, 1.165) is 10.5 Å². The zero-order valence-electron chi connectivity index (χ0n) is 19.3. The Bertz CT molecular complexity index is 1610. The molecule has 0 saturated heterocycles. The third-order valence-electron chi connectivity index (χ3n) is 6.76. The number of aryl methyl sites for hydroxylation is 1. The molecule has 34 heavy (non-hydrogen) atoms. The summed E-state index contributed by atoms with van der Waals surface area (Å²) in [5.41, 5.74) is 8.89. The van der Waals surface area contributed by atoms with Crippen LogP contribution in [0.1, 0.15) is 29.5 Å². The summed E-state index contributed by atoms with van der Waals surface area (Å²) in [7, 11) is 0. The summed E-state index contributed by atoms with van der Waals surface area (Å²) in [6.07, 6.45) is 0. The maximum atomic E-state index is 5.22. The average Bonchev–Trinajstić information content (AvgIpc) is 3.35. The van der Waals surface area contributed by atoms with Crippen LogP contribution in [0.25, 0.3) is 42.7 Å². The Hall–Kier alpha value is -3.75. The summed E-state index contributed by atoms with van der Waals surface area (Å²) in [5, 5.41) is 3.56. The van der Waals surface area contributed by atoms with Crippen LogP contribution in [0.3, 0.4) is 0 Å². The van der Waals surface area contributed by atoms with Gasteiger partial charge in [-0.05, 0) is 40.1 Å². The molecule has 1 atom stereocenters. The zero-order chi connectivity index (χ0) is 23.1. The van der Waals surface area contributed by atoms with E-state index in [2.05, 4.69) is 123 Å². The van der Waals surface area contributed by atoms with E-state index in [9.17, 15) is 0 Å². The number of fused-ring (bicyclic) bond motifs is 3. The molecule has 1 heterocycles. The van der Waals surface area contributed by atoms with Gasteiger partial charge in [0.2, 0.25) is 0 Å². The monoisotopic (exact) mass is 455 g/mol. The van der Waals surface area contributed by atoms with Crippen LogP contribution in [-0.2, 0) is 0 Å². The molecule has 0 bridgehead atoms. The van der Waals surface area contributed by atoms with E-state index in [1.54, 1.807) is 0 Å². The zero-order valence-corrected chi connectivity index (χ0v) is 20.1. The fraction of sp³-hybridized carbons (Fsp3) is 0.0938. The Morgan fingerprint density at radius 2 is 1.29 bits per heavy atom. The lowest BCUT2D eigenvalue weighted by atomic mass is 9.83. The lowest BCUT2D eigenvalue weighted by Gasteiger charge is -2.22. The molecule has 2 heteroatoms. The van der Waals surface area contributed by atoms with Crippen molar-refractivity contribution >= 4 is 32.3 Å². The van der Waals surface area contributed by atoms with Crippen molar-refractivity contribution < 1.29 is 0 Å². The maximum Gasteiger partial charge on any atom is 0.124 e. The highest BCUT2D eigenvalue weighted by molar-refractivity contribution is 7.22. The van der Waals surface area contributed by atoms with Gasteiger partial charge in [-0.25, -0.2) is 4.98 Å². The van der Waals surface area contributed by atoms with E-state index >= 15 is 0 Å². The SMILES string of the molecule is Cc1ccccc1-c1c(C(C)c2ccccc2)c2sc(-c3ccccc3)nc2c2ccccc12. The number of hydrogen-bond donors (Lipinski definition) is 0. The third-order valence-corrected chi connectivity index (χ3v) is 7.90. The molecular formula is C32H25NS. The highest BCUT2D eigenvalue weighted by atomic mass is 32.1. The first-order valence-electron chi connectivity index (χ1n) is 11.7. The van der Waals surface area contributed by atoms with Gasteiger partial charge in [0, 0.05) is 16.9 Å². The molecular weight excluding hydrogens is 430 g/mol. The normalized spacial score (nSPS) is 12.3. The molecule has 0 spiro atoms. The lowest BCUT2D eigenvalue weighted by molar-refractivity contribution is 0.938. The van der Waals surface area contributed by atoms with E-state index in [0.29, 0.717) is 0 Å². The van der Waals surface area contributed by atoms with Crippen LogP contribution in [0.15, 0.2) is 109 Å². The van der Waals surface area contributed by atoms with E-state index < -0.39 is 0 Å². The van der Waals surface area contributed by atoms with Crippen LogP contribution in [-0.4, -0.2) is 4.98 Å². The number of nitrogens with zero attached hydrogens (tertiary/aromatic N) is 1. The van der Waals surface area contributed by atoms with Gasteiger partial charge in [0.25, 0.3) is 0 Å². The average molecular weight is 456 g/mol. The van der Waals surface area contributed by atoms with Gasteiger partial charge in [0.05, 0.1) is 10.2 Å². The second-order valence-electron chi connectivity index (χ2n) is 8.84. The summed E-state index contributed by atoms with van der Waals surface area (Å²) >= 11 is 1.82. The molecule has 1 aromatic heterocycles. The van der Waals surface area contributed by atoms with E-state index in [1.165, 1.54) is 48.9 Å². The van der Waals surface area contributed by atoms with Gasteiger partial charge in [0.15, 0.2) is 0 Å². The largest absolute Gasteiger partial charge is 0.235 e. The molecule has 0 aliphatic rings. The minimum absolute atomic E-state index is 0.229. The molecule has 0 aliphatic heterocycles. The van der Waals surface area contributed by atoms with Crippen molar-refractivity contribution in [3.05, 3.63) is 126 Å². The summed E-state index contributed by atoms with van der Waals surface area (Å²) in [4.78, 5) is 5.22. The number of benzene rings is 5. The molecule has 0 fully saturated rings. The highest BCUT2D eigenvalue weighted by Gasteiger charge is 2.24. The fourth-order valence-corrected chi connectivity index (χ4v) is 6.25. The van der Waals surface area contributed by atoms with Crippen LogP contribution in [0.2, 0.25) is 0 Å². The Labute approximate surface area is 204 Å². The van der Waals surface area contributed by atoms with Crippen LogP contribution in [0, 0.1) is 6.92 Å². The van der Waals surface area contributed by atoms with Crippen LogP contribution in [0.4, 0.5) is 0 Å². The van der Waals surface area contributed by atoms with Crippen LogP contribution in [0.5, 0.6) is 0 Å². The minimum Gasteiger partial charge on any atom is -0.235 e. The topological polar surface area (TPSA) is 12.9 Å². The third kappa shape index (κ3) is 3.43. The molecule has 164 valence electrons. The molecule has 6 aromatic rings. The van der Waals surface area contributed by atoms with Crippen molar-refractivity contribution in [2.75, 3.05) is 0 Å². The minimum atomic E-state index is 0.229. The standard InChI is InChI=1S/C32H25NS/c1-21-13-9-10-18-25(21)29-26-19-11-12-20-27(26)30-31(28(29)22(2)23-14-5-3-6-15-23)34-32(33-30)24-16-7-4-8-17-24/h3-20,22H,1-2H3. The van der Waals surface area contributed by atoms with Crippen LogP contribution < -0.4 is 0 Å². The quantitative estimate of drug-likeness (QED) is 0.258. The predicted molar refractivity (Wildman–Crippen MR) is 147 cm³/mol. The van der Waals surface area contributed by atoms with Gasteiger partial charge in [-0.2, -0.15) is 0 Å². The summed E-state index contributed by atoms with van der Waals surface area (Å²) in [6, 6.07) is 38.9. The molecule has 0 aliphatic carbocycles. The summed E-state index contributed by atoms with van der Waals surface area (Å²) in [6.45, 7) is 4.55. The molecule has 0 N–H and O–H groups in total. The van der Waals surface area contributed by atoms with E-state index in [-0.39, 0.29) is 5.92 Å². The lowest BCUT2D eigenvalue weighted by Crippen LogP contribution is -2.01. The van der Waals surface area contributed by atoms with Crippen molar-refractivity contribution in [3.8, 4) is 21.7 Å². The van der Waals surface area contributed by atoms with Gasteiger partial charge in [-0.1, -0.05) is 116 Å². The number of rotatable bonds is 4. The van der Waals surface area contributed by atoms with Crippen molar-refractivity contribution in [1.29, 1.82) is 0 Å². The molecule has 0 saturated carbocycles. The molecule has 1 nitrogen and oxygen atoms in total. The maximum absolute atomic E-state index is 5.22. The Morgan fingerprint density at radius 3 is 2.03 bits per heavy atom. The van der Waals surface area contributed by atoms with Crippen molar-refractivity contribution in [2.24, 2.45) is 0 Å². The van der Waals surface area contributed by atoms with E-state index in [1.807, 2.05) is 11.3 Å². The molecule has 0 radical (unpaired) electrons. The van der Waals surface area contributed by atoms with Crippen molar-refractivity contribution in [1.82, 2.24) is 4.98 Å². The second-order valence-corrected chi connectivity index (χ2v) is 9.84. The molecule has 5 aromatic carbocycles. The predicted octanol–water partition coefficient (Wildman–Crippen LogP) is 9.24. The summed E-state index contributed by atoms with van der Waals surface area (Å²) in [5.74, 6) is 0.229. The molecule has 0 amide bonds. The number of thiazole rings is 1. The van der Waals surface area contributed by atoms with Gasteiger partial charge < -0.3 is 0 Å². The van der Waals surface area contributed by atoms with Crippen molar-refractivity contribution in [3.63, 3.8) is 0 Å². The Balaban J connectivity index is 1.78.